The Balaban J connectivity index is 2.21. The fraction of sp³-hybridized carbons (Fsp3) is 0.500. The minimum absolute atomic E-state index is 0.0417. The zero-order valence-electron chi connectivity index (χ0n) is 12.3. The molecule has 0 radical (unpaired) electrons. The summed E-state index contributed by atoms with van der Waals surface area (Å²) in [5.41, 5.74) is 5.15. The van der Waals surface area contributed by atoms with Crippen molar-refractivity contribution < 1.29 is 17.9 Å². The Hall–Kier alpha value is -1.15. The van der Waals surface area contributed by atoms with E-state index in [1.165, 1.54) is 6.07 Å². The summed E-state index contributed by atoms with van der Waals surface area (Å²) in [6, 6.07) is 4.65. The van der Waals surface area contributed by atoms with Gasteiger partial charge in [0.1, 0.15) is 0 Å². The average molecular weight is 347 g/mol. The molecular weight excluding hydrogens is 328 g/mol. The molecule has 0 spiro atoms. The van der Waals surface area contributed by atoms with Crippen molar-refractivity contribution in [3.05, 3.63) is 28.8 Å². The van der Waals surface area contributed by atoms with Crippen molar-refractivity contribution >= 4 is 27.5 Å². The fourth-order valence-electron chi connectivity index (χ4n) is 2.45. The second kappa shape index (κ2) is 6.54. The van der Waals surface area contributed by atoms with Crippen LogP contribution in [0.25, 0.3) is 0 Å². The zero-order chi connectivity index (χ0) is 16.4. The van der Waals surface area contributed by atoms with Gasteiger partial charge in [0.05, 0.1) is 10.3 Å². The second-order valence-electron chi connectivity index (χ2n) is 5.49. The van der Waals surface area contributed by atoms with Gasteiger partial charge in [-0.1, -0.05) is 17.7 Å². The molecule has 1 amide bonds. The lowest BCUT2D eigenvalue weighted by molar-refractivity contribution is -0.132. The molecule has 0 unspecified atom stereocenters. The molecular formula is C14H19ClN2O4S. The molecule has 1 aromatic carbocycles. The Labute approximate surface area is 135 Å². The maximum absolute atomic E-state index is 12.5. The molecule has 3 N–H and O–H groups in total. The Bertz CT molecular complexity index is 669. The number of nitrogens with two attached hydrogens (primary N) is 1. The molecule has 8 heteroatoms. The number of carbonyl (C=O) groups excluding carboxylic acids is 1. The number of halogens is 1. The molecule has 1 aromatic rings. The van der Waals surface area contributed by atoms with Crippen molar-refractivity contribution in [2.24, 2.45) is 11.1 Å². The third-order valence-electron chi connectivity index (χ3n) is 4.01. The van der Waals surface area contributed by atoms with Crippen molar-refractivity contribution in [1.82, 2.24) is 4.72 Å². The van der Waals surface area contributed by atoms with Gasteiger partial charge in [-0.2, -0.15) is 0 Å². The average Bonchev–Trinajstić information content (AvgIpc) is 2.48. The first-order valence-corrected chi connectivity index (χ1v) is 8.76. The summed E-state index contributed by atoms with van der Waals surface area (Å²) < 4.78 is 32.6. The third kappa shape index (κ3) is 3.60. The van der Waals surface area contributed by atoms with Crippen LogP contribution in [-0.2, 0) is 19.6 Å². The first-order chi connectivity index (χ1) is 10.3. The van der Waals surface area contributed by atoms with Crippen molar-refractivity contribution in [1.29, 1.82) is 0 Å². The molecule has 1 aliphatic rings. The number of hydrogen-bond donors (Lipinski definition) is 2. The predicted octanol–water partition coefficient (Wildman–Crippen LogP) is 1.21. The number of hydrogen-bond acceptors (Lipinski definition) is 4. The normalized spacial score (nSPS) is 18.1. The number of carbonyl (C=O) groups is 1. The molecule has 6 nitrogen and oxygen atoms in total. The van der Waals surface area contributed by atoms with Gasteiger partial charge in [0.25, 0.3) is 0 Å². The Morgan fingerprint density at radius 1 is 1.41 bits per heavy atom. The summed E-state index contributed by atoms with van der Waals surface area (Å²) in [5, 5.41) is 0.335. The van der Waals surface area contributed by atoms with E-state index in [9.17, 15) is 13.2 Å². The largest absolute Gasteiger partial charge is 0.381 e. The molecule has 122 valence electrons. The van der Waals surface area contributed by atoms with E-state index in [4.69, 9.17) is 22.1 Å². The Morgan fingerprint density at radius 3 is 2.64 bits per heavy atom. The zero-order valence-corrected chi connectivity index (χ0v) is 13.8. The van der Waals surface area contributed by atoms with Crippen molar-refractivity contribution in [2.75, 3.05) is 19.8 Å². The van der Waals surface area contributed by atoms with Crippen LogP contribution in [0.4, 0.5) is 0 Å². The maximum Gasteiger partial charge on any atom is 0.240 e. The molecule has 0 aliphatic carbocycles. The van der Waals surface area contributed by atoms with Gasteiger partial charge < -0.3 is 10.5 Å². The van der Waals surface area contributed by atoms with Gasteiger partial charge in [-0.15, -0.1) is 0 Å². The molecule has 1 heterocycles. The second-order valence-corrected chi connectivity index (χ2v) is 7.66. The van der Waals surface area contributed by atoms with Crippen LogP contribution in [0.15, 0.2) is 23.1 Å². The van der Waals surface area contributed by atoms with Crippen LogP contribution in [0.5, 0.6) is 0 Å². The highest BCUT2D eigenvalue weighted by molar-refractivity contribution is 7.89. The molecule has 22 heavy (non-hydrogen) atoms. The quantitative estimate of drug-likeness (QED) is 0.837. The Morgan fingerprint density at radius 2 is 2.05 bits per heavy atom. The van der Waals surface area contributed by atoms with Crippen molar-refractivity contribution in [2.45, 2.75) is 24.7 Å². The fourth-order valence-corrected chi connectivity index (χ4v) is 4.08. The van der Waals surface area contributed by atoms with Crippen LogP contribution in [0.3, 0.4) is 0 Å². The van der Waals surface area contributed by atoms with Gasteiger partial charge in [0.15, 0.2) is 0 Å². The maximum atomic E-state index is 12.5. The number of primary amides is 1. The summed E-state index contributed by atoms with van der Waals surface area (Å²) in [5.74, 6) is -0.513. The van der Waals surface area contributed by atoms with E-state index in [0.717, 1.165) is 0 Å². The molecule has 0 aromatic heterocycles. The minimum Gasteiger partial charge on any atom is -0.381 e. The van der Waals surface area contributed by atoms with Crippen LogP contribution < -0.4 is 10.5 Å². The molecule has 0 atom stereocenters. The molecule has 1 aliphatic heterocycles. The lowest BCUT2D eigenvalue weighted by Gasteiger charge is -2.34. The van der Waals surface area contributed by atoms with E-state index in [-0.39, 0.29) is 11.4 Å². The highest BCUT2D eigenvalue weighted by Gasteiger charge is 2.39. The number of benzene rings is 1. The number of amides is 1. The molecule has 0 bridgehead atoms. The molecule has 1 saturated heterocycles. The molecule has 0 saturated carbocycles. The third-order valence-corrected chi connectivity index (χ3v) is 5.79. The summed E-state index contributed by atoms with van der Waals surface area (Å²) in [6.45, 7) is 2.42. The monoisotopic (exact) mass is 346 g/mol. The lowest BCUT2D eigenvalue weighted by Crippen LogP contribution is -2.49. The first-order valence-electron chi connectivity index (χ1n) is 6.90. The van der Waals surface area contributed by atoms with E-state index in [0.29, 0.717) is 36.6 Å². The summed E-state index contributed by atoms with van der Waals surface area (Å²) >= 11 is 5.87. The minimum atomic E-state index is -3.77. The van der Waals surface area contributed by atoms with Gasteiger partial charge in [-0.3, -0.25) is 4.79 Å². The van der Waals surface area contributed by atoms with Crippen molar-refractivity contribution in [3.63, 3.8) is 0 Å². The van der Waals surface area contributed by atoms with E-state index in [1.807, 2.05) is 0 Å². The lowest BCUT2D eigenvalue weighted by atomic mass is 9.80. The SMILES string of the molecule is Cc1ccc(Cl)cc1S(=O)(=O)NCC1(C(N)=O)CCOCC1. The van der Waals surface area contributed by atoms with Gasteiger partial charge in [-0.25, -0.2) is 13.1 Å². The van der Waals surface area contributed by atoms with Crippen molar-refractivity contribution in [3.8, 4) is 0 Å². The van der Waals surface area contributed by atoms with Crippen LogP contribution >= 0.6 is 11.6 Å². The number of sulfonamides is 1. The highest BCUT2D eigenvalue weighted by Crippen LogP contribution is 2.30. The van der Waals surface area contributed by atoms with Gasteiger partial charge in [-0.05, 0) is 37.5 Å². The van der Waals surface area contributed by atoms with E-state index in [2.05, 4.69) is 4.72 Å². The standard InChI is InChI=1S/C14H19ClN2O4S/c1-10-2-3-11(15)8-12(10)22(19,20)17-9-14(13(16)18)4-6-21-7-5-14/h2-3,8,17H,4-7,9H2,1H3,(H2,16,18). The van der Waals surface area contributed by atoms with E-state index < -0.39 is 21.3 Å². The predicted molar refractivity (Wildman–Crippen MR) is 83.1 cm³/mol. The summed E-state index contributed by atoms with van der Waals surface area (Å²) in [4.78, 5) is 11.9. The van der Waals surface area contributed by atoms with Crippen LogP contribution in [0.2, 0.25) is 5.02 Å². The summed E-state index contributed by atoms with van der Waals surface area (Å²) in [6.07, 6.45) is 0.804. The van der Waals surface area contributed by atoms with Crippen LogP contribution in [0, 0.1) is 12.3 Å². The first kappa shape index (κ1) is 17.2. The van der Waals surface area contributed by atoms with Gasteiger partial charge >= 0.3 is 0 Å². The number of aryl methyl sites for hydroxylation is 1. The number of ether oxygens (including phenoxy) is 1. The molecule has 2 rings (SSSR count). The van der Waals surface area contributed by atoms with Gasteiger partial charge in [0, 0.05) is 24.8 Å². The van der Waals surface area contributed by atoms with Crippen LogP contribution in [0.1, 0.15) is 18.4 Å². The van der Waals surface area contributed by atoms with Gasteiger partial charge in [0.2, 0.25) is 15.9 Å². The number of nitrogens with one attached hydrogen (secondary N) is 1. The molecule has 1 fully saturated rings. The highest BCUT2D eigenvalue weighted by atomic mass is 35.5. The Kier molecular flexibility index (Phi) is 5.11. The van der Waals surface area contributed by atoms with E-state index in [1.54, 1.807) is 19.1 Å². The number of rotatable bonds is 5. The van der Waals surface area contributed by atoms with E-state index >= 15 is 0 Å². The smallest absolute Gasteiger partial charge is 0.240 e. The van der Waals surface area contributed by atoms with Crippen LogP contribution in [-0.4, -0.2) is 34.1 Å². The topological polar surface area (TPSA) is 98.5 Å². The summed E-state index contributed by atoms with van der Waals surface area (Å²) in [7, 11) is -3.77.